The van der Waals surface area contributed by atoms with E-state index in [1.165, 1.54) is 7.11 Å². The molecule has 1 unspecified atom stereocenters. The van der Waals surface area contributed by atoms with Crippen LogP contribution in [0.25, 0.3) is 0 Å². The number of hydrogen-bond acceptors (Lipinski definition) is 4. The fraction of sp³-hybridized carbons (Fsp3) is 0.667. The van der Waals surface area contributed by atoms with Crippen molar-refractivity contribution in [3.63, 3.8) is 0 Å². The van der Waals surface area contributed by atoms with E-state index in [-0.39, 0.29) is 12.0 Å². The monoisotopic (exact) mass is 239 g/mol. The normalized spacial score (nSPS) is 12.8. The van der Waals surface area contributed by atoms with Gasteiger partial charge in [0.15, 0.2) is 0 Å². The smallest absolute Gasteiger partial charge is 0.307 e. The molecule has 0 bridgehead atoms. The van der Waals surface area contributed by atoms with E-state index in [2.05, 4.69) is 28.7 Å². The maximum absolute atomic E-state index is 11.4. The van der Waals surface area contributed by atoms with Crippen LogP contribution in [0, 0.1) is 0 Å². The average molecular weight is 239 g/mol. The van der Waals surface area contributed by atoms with Gasteiger partial charge < -0.3 is 14.6 Å². The minimum atomic E-state index is -0.215. The van der Waals surface area contributed by atoms with Crippen LogP contribution in [0.5, 0.6) is 0 Å². The first-order valence-corrected chi connectivity index (χ1v) is 5.92. The predicted octanol–water partition coefficient (Wildman–Crippen LogP) is 1.68. The van der Waals surface area contributed by atoms with Crippen LogP contribution in [0.4, 0.5) is 0 Å². The van der Waals surface area contributed by atoms with Gasteiger partial charge in [0.05, 0.1) is 31.6 Å². The Bertz CT molecular complexity index is 360. The van der Waals surface area contributed by atoms with Gasteiger partial charge >= 0.3 is 5.97 Å². The first-order chi connectivity index (χ1) is 8.10. The van der Waals surface area contributed by atoms with Crippen molar-refractivity contribution in [2.75, 3.05) is 13.7 Å². The number of aromatic nitrogens is 2. The molecule has 0 fully saturated rings. The van der Waals surface area contributed by atoms with E-state index < -0.39 is 0 Å². The average Bonchev–Trinajstić information content (AvgIpc) is 2.77. The molecule has 0 saturated carbocycles. The number of nitrogens with zero attached hydrogens (tertiary/aromatic N) is 2. The molecule has 1 heterocycles. The number of ether oxygens (including phenoxy) is 1. The Hall–Kier alpha value is -1.36. The predicted molar refractivity (Wildman–Crippen MR) is 65.7 cm³/mol. The molecule has 0 spiro atoms. The molecule has 0 radical (unpaired) electrons. The highest BCUT2D eigenvalue weighted by Crippen LogP contribution is 2.20. The maximum Gasteiger partial charge on any atom is 0.307 e. The number of hydrogen-bond donors (Lipinski definition) is 1. The summed E-state index contributed by atoms with van der Waals surface area (Å²) in [6, 6.07) is 0.281. The molecule has 0 amide bonds. The Balaban J connectivity index is 2.88. The summed E-state index contributed by atoms with van der Waals surface area (Å²) >= 11 is 0. The van der Waals surface area contributed by atoms with E-state index in [9.17, 15) is 4.79 Å². The lowest BCUT2D eigenvalue weighted by Gasteiger charge is -2.20. The van der Waals surface area contributed by atoms with E-state index in [1.54, 1.807) is 12.5 Å². The summed E-state index contributed by atoms with van der Waals surface area (Å²) in [6.07, 6.45) is 3.92. The van der Waals surface area contributed by atoms with Gasteiger partial charge in [-0.15, -0.1) is 0 Å². The molecular weight excluding hydrogens is 218 g/mol. The first kappa shape index (κ1) is 13.7. The van der Waals surface area contributed by atoms with Gasteiger partial charge in [-0.25, -0.2) is 4.98 Å². The first-order valence-electron chi connectivity index (χ1n) is 5.92. The second kappa shape index (κ2) is 6.39. The molecule has 1 atom stereocenters. The van der Waals surface area contributed by atoms with Gasteiger partial charge in [-0.05, 0) is 20.4 Å². The van der Waals surface area contributed by atoms with Crippen molar-refractivity contribution >= 4 is 5.97 Å². The summed E-state index contributed by atoms with van der Waals surface area (Å²) in [5.74, 6) is -0.215. The summed E-state index contributed by atoms with van der Waals surface area (Å²) in [7, 11) is 1.41. The zero-order valence-electron chi connectivity index (χ0n) is 10.9. The minimum absolute atomic E-state index is 0.0441. The van der Waals surface area contributed by atoms with Crippen molar-refractivity contribution < 1.29 is 9.53 Å². The summed E-state index contributed by atoms with van der Waals surface area (Å²) < 4.78 is 6.78. The Labute approximate surface area is 102 Å². The standard InChI is InChI=1S/C12H21N3O2/c1-5-14-10(6-12(16)17-4)11-7-13-8-15(11)9(2)3/h7-10,14H,5-6H2,1-4H3. The van der Waals surface area contributed by atoms with Crippen molar-refractivity contribution in [1.29, 1.82) is 0 Å². The number of rotatable bonds is 6. The molecule has 0 aromatic carbocycles. The Morgan fingerprint density at radius 2 is 2.29 bits per heavy atom. The lowest BCUT2D eigenvalue weighted by Crippen LogP contribution is -2.26. The number of methoxy groups -OCH3 is 1. The summed E-state index contributed by atoms with van der Waals surface area (Å²) in [5.41, 5.74) is 1.02. The lowest BCUT2D eigenvalue weighted by atomic mass is 10.1. The molecule has 0 aliphatic carbocycles. The van der Waals surface area contributed by atoms with Crippen molar-refractivity contribution in [3.05, 3.63) is 18.2 Å². The van der Waals surface area contributed by atoms with Crippen LogP contribution in [0.2, 0.25) is 0 Å². The van der Waals surface area contributed by atoms with Gasteiger partial charge in [0, 0.05) is 12.2 Å². The SMILES string of the molecule is CCNC(CC(=O)OC)c1cncn1C(C)C. The van der Waals surface area contributed by atoms with Gasteiger partial charge in [-0.3, -0.25) is 4.79 Å². The summed E-state index contributed by atoms with van der Waals surface area (Å²) in [6.45, 7) is 6.99. The van der Waals surface area contributed by atoms with Crippen LogP contribution in [0.1, 0.15) is 45.0 Å². The van der Waals surface area contributed by atoms with Crippen LogP contribution < -0.4 is 5.32 Å². The van der Waals surface area contributed by atoms with Gasteiger partial charge in [-0.1, -0.05) is 6.92 Å². The van der Waals surface area contributed by atoms with Crippen molar-refractivity contribution in [2.45, 2.75) is 39.3 Å². The van der Waals surface area contributed by atoms with E-state index in [0.29, 0.717) is 12.5 Å². The van der Waals surface area contributed by atoms with Crippen molar-refractivity contribution in [2.24, 2.45) is 0 Å². The highest BCUT2D eigenvalue weighted by atomic mass is 16.5. The lowest BCUT2D eigenvalue weighted by molar-refractivity contribution is -0.141. The number of nitrogens with one attached hydrogen (secondary N) is 1. The third-order valence-electron chi connectivity index (χ3n) is 2.66. The number of carbonyl (C=O) groups excluding carboxylic acids is 1. The van der Waals surface area contributed by atoms with Crippen molar-refractivity contribution in [1.82, 2.24) is 14.9 Å². The van der Waals surface area contributed by atoms with Gasteiger partial charge in [0.25, 0.3) is 0 Å². The minimum Gasteiger partial charge on any atom is -0.469 e. The second-order valence-corrected chi connectivity index (χ2v) is 4.21. The fourth-order valence-electron chi connectivity index (χ4n) is 1.79. The highest BCUT2D eigenvalue weighted by Gasteiger charge is 2.19. The Morgan fingerprint density at radius 1 is 1.59 bits per heavy atom. The van der Waals surface area contributed by atoms with Gasteiger partial charge in [-0.2, -0.15) is 0 Å². The largest absolute Gasteiger partial charge is 0.469 e. The third kappa shape index (κ3) is 3.56. The molecular formula is C12H21N3O2. The zero-order valence-corrected chi connectivity index (χ0v) is 10.9. The fourth-order valence-corrected chi connectivity index (χ4v) is 1.79. The third-order valence-corrected chi connectivity index (χ3v) is 2.66. The van der Waals surface area contributed by atoms with Crippen LogP contribution in [-0.2, 0) is 9.53 Å². The molecule has 0 aliphatic rings. The van der Waals surface area contributed by atoms with E-state index in [1.807, 2.05) is 6.92 Å². The molecule has 0 saturated heterocycles. The molecule has 0 aliphatic heterocycles. The van der Waals surface area contributed by atoms with Gasteiger partial charge in [0.2, 0.25) is 0 Å². The Morgan fingerprint density at radius 3 is 2.82 bits per heavy atom. The number of esters is 1. The maximum atomic E-state index is 11.4. The quantitative estimate of drug-likeness (QED) is 0.767. The second-order valence-electron chi connectivity index (χ2n) is 4.21. The highest BCUT2D eigenvalue weighted by molar-refractivity contribution is 5.70. The van der Waals surface area contributed by atoms with Crippen LogP contribution >= 0.6 is 0 Å². The van der Waals surface area contributed by atoms with E-state index >= 15 is 0 Å². The van der Waals surface area contributed by atoms with Crippen molar-refractivity contribution in [3.8, 4) is 0 Å². The molecule has 1 aromatic rings. The number of imidazole rings is 1. The molecule has 5 nitrogen and oxygen atoms in total. The molecule has 1 aromatic heterocycles. The molecule has 17 heavy (non-hydrogen) atoms. The van der Waals surface area contributed by atoms with Crippen LogP contribution in [-0.4, -0.2) is 29.2 Å². The summed E-state index contributed by atoms with van der Waals surface area (Å²) in [5, 5.41) is 3.28. The van der Waals surface area contributed by atoms with E-state index in [4.69, 9.17) is 4.74 Å². The van der Waals surface area contributed by atoms with Gasteiger partial charge in [0.1, 0.15) is 0 Å². The van der Waals surface area contributed by atoms with Crippen LogP contribution in [0.3, 0.4) is 0 Å². The van der Waals surface area contributed by atoms with Crippen LogP contribution in [0.15, 0.2) is 12.5 Å². The molecule has 1 rings (SSSR count). The molecule has 5 heteroatoms. The molecule has 96 valence electrons. The Kier molecular flexibility index (Phi) is 5.15. The van der Waals surface area contributed by atoms with E-state index in [0.717, 1.165) is 12.2 Å². The molecule has 1 N–H and O–H groups in total. The topological polar surface area (TPSA) is 56.1 Å². The number of carbonyl (C=O) groups is 1. The summed E-state index contributed by atoms with van der Waals surface area (Å²) in [4.78, 5) is 15.5. The zero-order chi connectivity index (χ0) is 12.8.